The molecule has 10 heteroatoms. The molecule has 0 bridgehead atoms. The van der Waals surface area contributed by atoms with Crippen LogP contribution in [0.2, 0.25) is 0 Å². The molecule has 158 valence electrons. The van der Waals surface area contributed by atoms with E-state index in [0.717, 1.165) is 24.3 Å². The molecule has 0 saturated carbocycles. The van der Waals surface area contributed by atoms with Crippen molar-refractivity contribution in [2.75, 3.05) is 19.8 Å². The third-order valence-electron chi connectivity index (χ3n) is 3.73. The zero-order chi connectivity index (χ0) is 22.0. The van der Waals surface area contributed by atoms with Gasteiger partial charge in [0.2, 0.25) is 0 Å². The highest BCUT2D eigenvalue weighted by atomic mass is 32.2. The van der Waals surface area contributed by atoms with Crippen molar-refractivity contribution in [1.29, 1.82) is 0 Å². The van der Waals surface area contributed by atoms with Gasteiger partial charge < -0.3 is 4.90 Å². The molecule has 2 aromatic rings. The standard InChI is InChI=1S/C19H17F7N2S/c1-11-7-14(20)15(9-16(11)29-10-18(21,22)23)27-17(28(2)3)12-5-4-6-13(8-12)19(24,25)26/h4-9H,10H2,1-3H3/b27-17+. The number of halogens is 7. The molecule has 2 aromatic carbocycles. The molecule has 0 fully saturated rings. The van der Waals surface area contributed by atoms with Gasteiger partial charge in [0, 0.05) is 24.6 Å². The van der Waals surface area contributed by atoms with Crippen molar-refractivity contribution in [2.45, 2.75) is 24.2 Å². The molecule has 0 aliphatic rings. The van der Waals surface area contributed by atoms with Crippen molar-refractivity contribution >= 4 is 23.3 Å². The van der Waals surface area contributed by atoms with Gasteiger partial charge in [-0.15, -0.1) is 11.8 Å². The molecule has 0 aliphatic heterocycles. The summed E-state index contributed by atoms with van der Waals surface area (Å²) >= 11 is 0.491. The molecule has 0 radical (unpaired) electrons. The van der Waals surface area contributed by atoms with Crippen molar-refractivity contribution in [2.24, 2.45) is 4.99 Å². The van der Waals surface area contributed by atoms with Gasteiger partial charge >= 0.3 is 12.4 Å². The van der Waals surface area contributed by atoms with Crippen LogP contribution in [0, 0.1) is 12.7 Å². The van der Waals surface area contributed by atoms with E-state index in [2.05, 4.69) is 4.99 Å². The van der Waals surface area contributed by atoms with Gasteiger partial charge in [0.25, 0.3) is 0 Å². The highest BCUT2D eigenvalue weighted by molar-refractivity contribution is 7.99. The van der Waals surface area contributed by atoms with Gasteiger partial charge in [-0.2, -0.15) is 26.3 Å². The molecule has 2 rings (SSSR count). The molecule has 0 atom stereocenters. The van der Waals surface area contributed by atoms with Gasteiger partial charge in [0.15, 0.2) is 0 Å². The summed E-state index contributed by atoms with van der Waals surface area (Å²) in [6, 6.07) is 6.58. The predicted octanol–water partition coefficient (Wildman–Crippen LogP) is 6.45. The van der Waals surface area contributed by atoms with Gasteiger partial charge in [0.05, 0.1) is 11.3 Å². The van der Waals surface area contributed by atoms with Gasteiger partial charge in [-0.1, -0.05) is 12.1 Å². The van der Waals surface area contributed by atoms with Crippen molar-refractivity contribution in [3.8, 4) is 0 Å². The minimum absolute atomic E-state index is 0.0330. The predicted molar refractivity (Wildman–Crippen MR) is 99.2 cm³/mol. The maximum absolute atomic E-state index is 14.4. The van der Waals surface area contributed by atoms with Crippen molar-refractivity contribution in [3.63, 3.8) is 0 Å². The molecule has 29 heavy (non-hydrogen) atoms. The fraction of sp³-hybridized carbons (Fsp3) is 0.316. The van der Waals surface area contributed by atoms with E-state index < -0.39 is 29.5 Å². The molecule has 0 unspecified atom stereocenters. The molecule has 0 heterocycles. The largest absolute Gasteiger partial charge is 0.416 e. The Balaban J connectivity index is 2.51. The van der Waals surface area contributed by atoms with Crippen LogP contribution < -0.4 is 0 Å². The lowest BCUT2D eigenvalue weighted by Crippen LogP contribution is -2.23. The summed E-state index contributed by atoms with van der Waals surface area (Å²) in [4.78, 5) is 5.69. The van der Waals surface area contributed by atoms with Crippen LogP contribution in [-0.4, -0.2) is 36.8 Å². The first-order valence-electron chi connectivity index (χ1n) is 8.21. The lowest BCUT2D eigenvalue weighted by atomic mass is 10.1. The topological polar surface area (TPSA) is 15.6 Å². The smallest absolute Gasteiger partial charge is 0.362 e. The number of rotatable bonds is 4. The van der Waals surface area contributed by atoms with E-state index in [4.69, 9.17) is 0 Å². The summed E-state index contributed by atoms with van der Waals surface area (Å²) in [6.45, 7) is 1.47. The van der Waals surface area contributed by atoms with Crippen LogP contribution >= 0.6 is 11.8 Å². The summed E-state index contributed by atoms with van der Waals surface area (Å²) in [5.41, 5.74) is -0.757. The highest BCUT2D eigenvalue weighted by Crippen LogP contribution is 2.34. The van der Waals surface area contributed by atoms with Crippen molar-refractivity contribution in [3.05, 3.63) is 58.9 Å². The second kappa shape index (κ2) is 8.64. The first-order chi connectivity index (χ1) is 13.3. The minimum atomic E-state index is -4.57. The lowest BCUT2D eigenvalue weighted by Gasteiger charge is -2.18. The van der Waals surface area contributed by atoms with Crippen LogP contribution in [0.4, 0.5) is 36.4 Å². The first-order valence-corrected chi connectivity index (χ1v) is 9.20. The van der Waals surface area contributed by atoms with Crippen LogP contribution in [-0.2, 0) is 6.18 Å². The summed E-state index contributed by atoms with van der Waals surface area (Å²) in [5, 5.41) is 0. The molecular formula is C19H17F7N2S. The Bertz CT molecular complexity index is 902. The zero-order valence-electron chi connectivity index (χ0n) is 15.6. The average Bonchev–Trinajstić information content (AvgIpc) is 2.58. The fourth-order valence-electron chi connectivity index (χ4n) is 2.41. The Morgan fingerprint density at radius 2 is 1.69 bits per heavy atom. The maximum Gasteiger partial charge on any atom is 0.416 e. The molecule has 0 saturated heterocycles. The number of aliphatic imine (C=N–C) groups is 1. The second-order valence-corrected chi connectivity index (χ2v) is 7.40. The molecule has 2 nitrogen and oxygen atoms in total. The zero-order valence-corrected chi connectivity index (χ0v) is 16.4. The number of benzene rings is 2. The Morgan fingerprint density at radius 1 is 1.03 bits per heavy atom. The molecular weight excluding hydrogens is 421 g/mol. The Kier molecular flexibility index (Phi) is 6.87. The normalized spacial score (nSPS) is 13.0. The summed E-state index contributed by atoms with van der Waals surface area (Å²) < 4.78 is 90.9. The molecule has 0 aromatic heterocycles. The summed E-state index contributed by atoms with van der Waals surface area (Å²) in [7, 11) is 3.04. The van der Waals surface area contributed by atoms with E-state index >= 15 is 0 Å². The third-order valence-corrected chi connectivity index (χ3v) is 4.96. The van der Waals surface area contributed by atoms with Crippen LogP contribution in [0.25, 0.3) is 0 Å². The number of hydrogen-bond donors (Lipinski definition) is 0. The van der Waals surface area contributed by atoms with E-state index in [-0.39, 0.29) is 22.0 Å². The number of amidine groups is 1. The van der Waals surface area contributed by atoms with Crippen molar-refractivity contribution in [1.82, 2.24) is 4.90 Å². The quantitative estimate of drug-likeness (QED) is 0.236. The molecule has 0 spiro atoms. The van der Waals surface area contributed by atoms with Gasteiger partial charge in [-0.25, -0.2) is 9.38 Å². The van der Waals surface area contributed by atoms with Crippen molar-refractivity contribution < 1.29 is 30.7 Å². The number of nitrogens with zero attached hydrogens (tertiary/aromatic N) is 2. The Labute approximate surface area is 167 Å². The van der Waals surface area contributed by atoms with Crippen LogP contribution in [0.5, 0.6) is 0 Å². The first kappa shape index (κ1) is 23.1. The molecule has 0 N–H and O–H groups in total. The van der Waals surface area contributed by atoms with Crippen LogP contribution in [0.3, 0.4) is 0 Å². The van der Waals surface area contributed by atoms with E-state index in [1.807, 2.05) is 0 Å². The second-order valence-electron chi connectivity index (χ2n) is 6.38. The van der Waals surface area contributed by atoms with E-state index in [1.165, 1.54) is 38.1 Å². The molecule has 0 amide bonds. The number of thioether (sulfide) groups is 1. The van der Waals surface area contributed by atoms with Gasteiger partial charge in [-0.3, -0.25) is 0 Å². The average molecular weight is 438 g/mol. The van der Waals surface area contributed by atoms with Gasteiger partial charge in [0.1, 0.15) is 17.3 Å². The van der Waals surface area contributed by atoms with E-state index in [1.54, 1.807) is 0 Å². The number of aryl methyl sites for hydroxylation is 1. The fourth-order valence-corrected chi connectivity index (χ4v) is 3.22. The SMILES string of the molecule is Cc1cc(F)c(/N=C(\c2cccc(C(F)(F)F)c2)N(C)C)cc1SCC(F)(F)F. The van der Waals surface area contributed by atoms with Gasteiger partial charge in [-0.05, 0) is 36.8 Å². The molecule has 0 aliphatic carbocycles. The lowest BCUT2D eigenvalue weighted by molar-refractivity contribution is -0.137. The number of alkyl halides is 6. The Hall–Kier alpha value is -2.23. The minimum Gasteiger partial charge on any atom is -0.362 e. The highest BCUT2D eigenvalue weighted by Gasteiger charge is 2.31. The summed E-state index contributed by atoms with van der Waals surface area (Å²) in [6.07, 6.45) is -8.97. The Morgan fingerprint density at radius 3 is 2.24 bits per heavy atom. The van der Waals surface area contributed by atoms with E-state index in [9.17, 15) is 30.7 Å². The number of hydrogen-bond acceptors (Lipinski definition) is 2. The van der Waals surface area contributed by atoms with E-state index in [0.29, 0.717) is 17.3 Å². The maximum atomic E-state index is 14.4. The van der Waals surface area contributed by atoms with Crippen LogP contribution in [0.15, 0.2) is 46.3 Å². The monoisotopic (exact) mass is 438 g/mol. The third kappa shape index (κ3) is 6.38. The van der Waals surface area contributed by atoms with Crippen LogP contribution in [0.1, 0.15) is 16.7 Å². The summed E-state index contributed by atoms with van der Waals surface area (Å²) in [5.74, 6) is -1.91.